The topological polar surface area (TPSA) is 101 Å². The Balaban J connectivity index is 0.000000391. The number of thiazole rings is 1. The number of anilines is 2. The smallest absolute Gasteiger partial charge is 0.318 e. The lowest BCUT2D eigenvalue weighted by Crippen LogP contribution is -2.51. The van der Waals surface area contributed by atoms with E-state index in [1.54, 1.807) is 6.07 Å². The van der Waals surface area contributed by atoms with E-state index < -0.39 is 11.6 Å². The fourth-order valence-electron chi connectivity index (χ4n) is 4.28. The third kappa shape index (κ3) is 4.75. The van der Waals surface area contributed by atoms with Gasteiger partial charge in [-0.3, -0.25) is 0 Å². The summed E-state index contributed by atoms with van der Waals surface area (Å²) >= 11 is 7.50. The van der Waals surface area contributed by atoms with Crippen LogP contribution in [0.15, 0.2) is 18.2 Å². The highest BCUT2D eigenvalue weighted by Crippen LogP contribution is 2.42. The minimum absolute atomic E-state index is 0.0200. The maximum atomic E-state index is 15.8. The Morgan fingerprint density at radius 3 is 2.53 bits per heavy atom. The van der Waals surface area contributed by atoms with Gasteiger partial charge in [0.2, 0.25) is 0 Å². The predicted molar refractivity (Wildman–Crippen MR) is 141 cm³/mol. The molecule has 0 aliphatic carbocycles. The molecule has 0 radical (unpaired) electrons. The van der Waals surface area contributed by atoms with Gasteiger partial charge in [0.1, 0.15) is 17.2 Å². The van der Waals surface area contributed by atoms with Gasteiger partial charge >= 0.3 is 6.01 Å². The maximum absolute atomic E-state index is 15.8. The van der Waals surface area contributed by atoms with Crippen LogP contribution in [0.2, 0.25) is 5.02 Å². The number of nitrogens with two attached hydrogens (primary N) is 1. The average molecular weight is 534 g/mol. The van der Waals surface area contributed by atoms with E-state index >= 15 is 4.39 Å². The van der Waals surface area contributed by atoms with E-state index in [0.29, 0.717) is 16.8 Å². The first kappa shape index (κ1) is 24.8. The van der Waals surface area contributed by atoms with Crippen LogP contribution in [0.1, 0.15) is 12.8 Å². The fourth-order valence-corrected chi connectivity index (χ4v) is 5.33. The molecule has 4 heterocycles. The van der Waals surface area contributed by atoms with Crippen molar-refractivity contribution in [2.75, 3.05) is 51.4 Å². The normalized spacial score (nSPS) is 16.1. The van der Waals surface area contributed by atoms with Crippen molar-refractivity contribution in [3.05, 3.63) is 34.9 Å². The molecule has 0 atom stereocenters. The van der Waals surface area contributed by atoms with Crippen molar-refractivity contribution in [3.63, 3.8) is 0 Å². The number of nitrogens with zero attached hydrogens (tertiary/aromatic N) is 4. The van der Waals surface area contributed by atoms with Crippen molar-refractivity contribution >= 4 is 55.0 Å². The number of nitrogens with one attached hydrogen (secondary N) is 2. The summed E-state index contributed by atoms with van der Waals surface area (Å²) in [5.74, 6) is -0.727. The zero-order valence-corrected chi connectivity index (χ0v) is 21.4. The second-order valence-electron chi connectivity index (χ2n) is 8.84. The highest BCUT2D eigenvalue weighted by Gasteiger charge is 2.25. The lowest BCUT2D eigenvalue weighted by atomic mass is 10.0. The molecular formula is C24H26ClF2N7OS. The van der Waals surface area contributed by atoms with Gasteiger partial charge in [-0.2, -0.15) is 9.97 Å². The number of methoxy groups -OCH3 is 1. The summed E-state index contributed by atoms with van der Waals surface area (Å²) in [6.45, 7) is 4.17. The Hall–Kier alpha value is -2.86. The highest BCUT2D eigenvalue weighted by atomic mass is 35.5. The number of likely N-dealkylation sites (tertiary alicyclic amines) is 1. The van der Waals surface area contributed by atoms with Gasteiger partial charge in [0, 0.05) is 29.6 Å². The van der Waals surface area contributed by atoms with Gasteiger partial charge in [0.15, 0.2) is 10.9 Å². The van der Waals surface area contributed by atoms with E-state index in [2.05, 4.69) is 37.5 Å². The molecule has 190 valence electrons. The van der Waals surface area contributed by atoms with Crippen LogP contribution in [0.4, 0.5) is 19.7 Å². The van der Waals surface area contributed by atoms with Gasteiger partial charge in [-0.1, -0.05) is 22.9 Å². The first-order valence-electron chi connectivity index (χ1n) is 11.6. The van der Waals surface area contributed by atoms with E-state index in [9.17, 15) is 4.39 Å². The number of rotatable bonds is 4. The molecule has 8 nitrogen and oxygen atoms in total. The molecule has 2 aromatic heterocycles. The molecule has 0 saturated carbocycles. The Bertz CT molecular complexity index is 1420. The molecule has 4 aromatic rings. The van der Waals surface area contributed by atoms with Gasteiger partial charge in [0.25, 0.3) is 0 Å². The Labute approximate surface area is 215 Å². The van der Waals surface area contributed by atoms with Gasteiger partial charge in [-0.15, -0.1) is 0 Å². The quantitative estimate of drug-likeness (QED) is 0.352. The Kier molecular flexibility index (Phi) is 7.07. The Morgan fingerprint density at radius 1 is 1.17 bits per heavy atom. The number of aromatic nitrogens is 3. The third-order valence-corrected chi connectivity index (χ3v) is 7.47. The monoisotopic (exact) mass is 533 g/mol. The Morgan fingerprint density at radius 2 is 1.92 bits per heavy atom. The molecule has 6 rings (SSSR count). The second kappa shape index (κ2) is 10.3. The molecule has 0 bridgehead atoms. The largest absolute Gasteiger partial charge is 0.467 e. The molecule has 2 aliphatic rings. The lowest BCUT2D eigenvalue weighted by molar-refractivity contribution is 0.381. The number of ether oxygens (including phenoxy) is 1. The number of hydrogen-bond acceptors (Lipinski definition) is 9. The van der Waals surface area contributed by atoms with E-state index in [1.807, 2.05) is 0 Å². The van der Waals surface area contributed by atoms with Crippen molar-refractivity contribution in [2.24, 2.45) is 0 Å². The van der Waals surface area contributed by atoms with Crippen molar-refractivity contribution in [3.8, 4) is 17.1 Å². The van der Waals surface area contributed by atoms with Crippen molar-refractivity contribution in [1.29, 1.82) is 0 Å². The maximum Gasteiger partial charge on any atom is 0.318 e. The first-order valence-corrected chi connectivity index (χ1v) is 12.8. The third-order valence-electron chi connectivity index (χ3n) is 6.28. The van der Waals surface area contributed by atoms with Crippen LogP contribution < -0.4 is 21.1 Å². The number of benzene rings is 2. The molecule has 0 amide bonds. The minimum atomic E-state index is -0.674. The van der Waals surface area contributed by atoms with E-state index in [-0.39, 0.29) is 43.5 Å². The van der Waals surface area contributed by atoms with Crippen LogP contribution in [0.25, 0.3) is 32.2 Å². The van der Waals surface area contributed by atoms with Gasteiger partial charge in [-0.05, 0) is 51.2 Å². The van der Waals surface area contributed by atoms with E-state index in [0.717, 1.165) is 24.4 Å². The number of fused-ring (bicyclic) bond motifs is 2. The summed E-state index contributed by atoms with van der Waals surface area (Å²) in [4.78, 5) is 15.0. The molecule has 2 aliphatic heterocycles. The van der Waals surface area contributed by atoms with Crippen LogP contribution in [-0.4, -0.2) is 66.2 Å². The van der Waals surface area contributed by atoms with Crippen LogP contribution in [0.3, 0.4) is 0 Å². The number of halogens is 3. The first-order chi connectivity index (χ1) is 17.4. The average Bonchev–Trinajstić information content (AvgIpc) is 3.47. The second-order valence-corrected chi connectivity index (χ2v) is 10.3. The zero-order chi connectivity index (χ0) is 25.4. The summed E-state index contributed by atoms with van der Waals surface area (Å²) in [7, 11) is 3.58. The van der Waals surface area contributed by atoms with E-state index in [4.69, 9.17) is 22.1 Å². The molecular weight excluding hydrogens is 508 g/mol. The molecule has 0 spiro atoms. The number of nitrogen functional groups attached to an aromatic ring is 1. The molecule has 0 unspecified atom stereocenters. The predicted octanol–water partition coefficient (Wildman–Crippen LogP) is 4.52. The SMILES string of the molecule is CN1CCCC1.COc1nc(NC2CNC2)c2cc(Cl)c(-c3ccc(F)c4sc(N)nc34)c(F)c2n1. The standard InChI is InChI=1S/C19H15ClF2N6OS.C5H11N/c1-29-19-27-14-9(17(28-19)25-7-5-24-6-7)4-10(20)12(13(14)22)8-2-3-11(21)16-15(8)26-18(23)30-16;1-6-4-2-3-5-6/h2-4,7,24H,5-6H2,1H3,(H2,23,26)(H,25,27,28);2-5H2,1H3. The van der Waals surface area contributed by atoms with Crippen LogP contribution in [0.5, 0.6) is 6.01 Å². The fraction of sp³-hybridized carbons (Fsp3) is 0.375. The van der Waals surface area contributed by atoms with Gasteiger partial charge in [0.05, 0.1) is 28.4 Å². The zero-order valence-electron chi connectivity index (χ0n) is 19.9. The van der Waals surface area contributed by atoms with Crippen molar-refractivity contribution in [1.82, 2.24) is 25.2 Å². The summed E-state index contributed by atoms with van der Waals surface area (Å²) < 4.78 is 35.4. The minimum Gasteiger partial charge on any atom is -0.467 e. The van der Waals surface area contributed by atoms with Gasteiger partial charge < -0.3 is 26.0 Å². The van der Waals surface area contributed by atoms with Crippen LogP contribution in [0, 0.1) is 11.6 Å². The number of hydrogen-bond donors (Lipinski definition) is 3. The van der Waals surface area contributed by atoms with Crippen molar-refractivity contribution < 1.29 is 13.5 Å². The van der Waals surface area contributed by atoms with Gasteiger partial charge in [-0.25, -0.2) is 13.8 Å². The molecule has 2 fully saturated rings. The summed E-state index contributed by atoms with van der Waals surface area (Å²) in [5, 5.41) is 7.13. The molecule has 2 aromatic carbocycles. The van der Waals surface area contributed by atoms with E-state index in [1.165, 1.54) is 45.2 Å². The van der Waals surface area contributed by atoms with Crippen LogP contribution in [-0.2, 0) is 0 Å². The van der Waals surface area contributed by atoms with Crippen LogP contribution >= 0.6 is 22.9 Å². The molecule has 36 heavy (non-hydrogen) atoms. The lowest BCUT2D eigenvalue weighted by Gasteiger charge is -2.29. The summed E-state index contributed by atoms with van der Waals surface area (Å²) in [6.07, 6.45) is 2.83. The molecule has 4 N–H and O–H groups in total. The van der Waals surface area contributed by atoms with Crippen molar-refractivity contribution in [2.45, 2.75) is 18.9 Å². The summed E-state index contributed by atoms with van der Waals surface area (Å²) in [6, 6.07) is 4.45. The summed E-state index contributed by atoms with van der Waals surface area (Å²) in [5.41, 5.74) is 6.44. The molecule has 12 heteroatoms. The molecule has 2 saturated heterocycles. The highest BCUT2D eigenvalue weighted by molar-refractivity contribution is 7.22.